The van der Waals surface area contributed by atoms with Gasteiger partial charge in [-0.3, -0.25) is 4.90 Å². The second-order valence-electron chi connectivity index (χ2n) is 6.68. The largest absolute Gasteiger partial charge is 0.375 e. The Morgan fingerprint density at radius 2 is 1.89 bits per heavy atom. The van der Waals surface area contributed by atoms with Gasteiger partial charge >= 0.3 is 0 Å². The van der Waals surface area contributed by atoms with E-state index >= 15 is 0 Å². The molecule has 1 aliphatic carbocycles. The van der Waals surface area contributed by atoms with Gasteiger partial charge in [0.25, 0.3) is 0 Å². The maximum Gasteiger partial charge on any atom is 0.137 e. The summed E-state index contributed by atoms with van der Waals surface area (Å²) in [5.74, 6) is 0. The Labute approximate surface area is 116 Å². The Kier molecular flexibility index (Phi) is 4.23. The molecular weight excluding hydrogens is 238 g/mol. The van der Waals surface area contributed by atoms with E-state index in [0.717, 1.165) is 32.4 Å². The van der Waals surface area contributed by atoms with E-state index < -0.39 is 0 Å². The Bertz CT molecular complexity index is 306. The van der Waals surface area contributed by atoms with Crippen LogP contribution in [0.3, 0.4) is 0 Å². The molecule has 3 rings (SSSR count). The summed E-state index contributed by atoms with van der Waals surface area (Å²) >= 11 is 0. The Morgan fingerprint density at radius 3 is 2.68 bits per heavy atom. The van der Waals surface area contributed by atoms with E-state index in [1.807, 2.05) is 0 Å². The van der Waals surface area contributed by atoms with E-state index in [2.05, 4.69) is 4.90 Å². The van der Waals surface area contributed by atoms with Crippen LogP contribution in [0.2, 0.25) is 0 Å². The van der Waals surface area contributed by atoms with Gasteiger partial charge in [-0.25, -0.2) is 0 Å². The smallest absolute Gasteiger partial charge is 0.137 e. The summed E-state index contributed by atoms with van der Waals surface area (Å²) in [5, 5.41) is 0. The van der Waals surface area contributed by atoms with E-state index in [1.165, 1.54) is 51.2 Å². The van der Waals surface area contributed by atoms with E-state index in [0.29, 0.717) is 6.04 Å². The summed E-state index contributed by atoms with van der Waals surface area (Å²) in [6.07, 6.45) is 13.5. The highest BCUT2D eigenvalue weighted by molar-refractivity contribution is 5.57. The monoisotopic (exact) mass is 265 g/mol. The van der Waals surface area contributed by atoms with Gasteiger partial charge in [-0.15, -0.1) is 0 Å². The third-order valence-electron chi connectivity index (χ3n) is 5.45. The molecule has 0 N–H and O–H groups in total. The number of ether oxygens (including phenoxy) is 1. The predicted octanol–water partition coefficient (Wildman–Crippen LogP) is 2.92. The van der Waals surface area contributed by atoms with Crippen LogP contribution in [0.1, 0.15) is 64.2 Å². The standard InChI is InChI=1S/C16H27NO2/c18-13-15-6-2-5-10-17(15)14-7-11-19-16(12-14)8-3-1-4-9-16/h13-15H,1-12H2. The maximum atomic E-state index is 11.3. The first-order valence-corrected chi connectivity index (χ1v) is 8.18. The van der Waals surface area contributed by atoms with Crippen LogP contribution in [0, 0.1) is 0 Å². The number of likely N-dealkylation sites (tertiary alicyclic amines) is 1. The molecule has 0 bridgehead atoms. The lowest BCUT2D eigenvalue weighted by atomic mass is 9.77. The molecule has 3 aliphatic rings. The summed E-state index contributed by atoms with van der Waals surface area (Å²) in [5.41, 5.74) is 0.159. The normalized spacial score (nSPS) is 36.2. The molecule has 0 radical (unpaired) electrons. The second kappa shape index (κ2) is 5.92. The van der Waals surface area contributed by atoms with Gasteiger partial charge in [-0.1, -0.05) is 25.7 Å². The molecule has 2 heterocycles. The molecule has 1 saturated carbocycles. The van der Waals surface area contributed by atoms with E-state index in [-0.39, 0.29) is 11.6 Å². The Morgan fingerprint density at radius 1 is 1.05 bits per heavy atom. The van der Waals surface area contributed by atoms with Gasteiger partial charge in [-0.2, -0.15) is 0 Å². The number of aldehydes is 1. The van der Waals surface area contributed by atoms with Crippen LogP contribution in [0.5, 0.6) is 0 Å². The highest BCUT2D eigenvalue weighted by atomic mass is 16.5. The number of piperidine rings is 1. The molecule has 108 valence electrons. The van der Waals surface area contributed by atoms with Crippen molar-refractivity contribution in [3.8, 4) is 0 Å². The average molecular weight is 265 g/mol. The zero-order valence-corrected chi connectivity index (χ0v) is 12.0. The molecule has 19 heavy (non-hydrogen) atoms. The number of nitrogens with zero attached hydrogens (tertiary/aromatic N) is 1. The summed E-state index contributed by atoms with van der Waals surface area (Å²) in [4.78, 5) is 13.8. The van der Waals surface area contributed by atoms with Crippen molar-refractivity contribution in [2.75, 3.05) is 13.2 Å². The van der Waals surface area contributed by atoms with Crippen molar-refractivity contribution in [3.63, 3.8) is 0 Å². The van der Waals surface area contributed by atoms with Gasteiger partial charge in [0.15, 0.2) is 0 Å². The predicted molar refractivity (Wildman–Crippen MR) is 75.2 cm³/mol. The molecule has 0 aromatic carbocycles. The van der Waals surface area contributed by atoms with Gasteiger partial charge in [0.1, 0.15) is 6.29 Å². The molecule has 0 aromatic heterocycles. The second-order valence-corrected chi connectivity index (χ2v) is 6.68. The molecule has 3 nitrogen and oxygen atoms in total. The quantitative estimate of drug-likeness (QED) is 0.719. The van der Waals surface area contributed by atoms with Gasteiger partial charge in [0.05, 0.1) is 11.6 Å². The fourth-order valence-electron chi connectivity index (χ4n) is 4.41. The van der Waals surface area contributed by atoms with Gasteiger partial charge < -0.3 is 9.53 Å². The molecule has 2 aliphatic heterocycles. The number of hydrogen-bond acceptors (Lipinski definition) is 3. The van der Waals surface area contributed by atoms with Gasteiger partial charge in [0.2, 0.25) is 0 Å². The third-order valence-corrected chi connectivity index (χ3v) is 5.45. The minimum absolute atomic E-state index is 0.159. The van der Waals surface area contributed by atoms with Gasteiger partial charge in [0, 0.05) is 12.6 Å². The lowest BCUT2D eigenvalue weighted by molar-refractivity contribution is -0.136. The van der Waals surface area contributed by atoms with Crippen molar-refractivity contribution in [2.24, 2.45) is 0 Å². The lowest BCUT2D eigenvalue weighted by Crippen LogP contribution is -2.54. The Balaban J connectivity index is 1.68. The SMILES string of the molecule is O=CC1CCCCN1C1CCOC2(CCCCC2)C1. The molecule has 0 amide bonds. The summed E-state index contributed by atoms with van der Waals surface area (Å²) in [6.45, 7) is 2.01. The van der Waals surface area contributed by atoms with Crippen molar-refractivity contribution in [3.05, 3.63) is 0 Å². The molecule has 3 heteroatoms. The maximum absolute atomic E-state index is 11.3. The van der Waals surface area contributed by atoms with Crippen LogP contribution >= 0.6 is 0 Å². The number of carbonyl (C=O) groups is 1. The van der Waals surface area contributed by atoms with Crippen LogP contribution in [0.4, 0.5) is 0 Å². The molecule has 2 atom stereocenters. The highest BCUT2D eigenvalue weighted by Gasteiger charge is 2.41. The fraction of sp³-hybridized carbons (Fsp3) is 0.938. The summed E-state index contributed by atoms with van der Waals surface area (Å²) < 4.78 is 6.18. The van der Waals surface area contributed by atoms with Crippen LogP contribution in [0.25, 0.3) is 0 Å². The van der Waals surface area contributed by atoms with Crippen molar-refractivity contribution in [2.45, 2.75) is 81.9 Å². The first kappa shape index (κ1) is 13.6. The van der Waals surface area contributed by atoms with Crippen LogP contribution in [-0.2, 0) is 9.53 Å². The van der Waals surface area contributed by atoms with Crippen LogP contribution in [-0.4, -0.2) is 42.0 Å². The number of hydrogen-bond donors (Lipinski definition) is 0. The molecule has 2 unspecified atom stereocenters. The summed E-state index contributed by atoms with van der Waals surface area (Å²) in [7, 11) is 0. The van der Waals surface area contributed by atoms with E-state index in [1.54, 1.807) is 0 Å². The molecule has 2 saturated heterocycles. The number of carbonyl (C=O) groups excluding carboxylic acids is 1. The summed E-state index contributed by atoms with van der Waals surface area (Å²) in [6, 6.07) is 0.764. The van der Waals surface area contributed by atoms with Crippen molar-refractivity contribution < 1.29 is 9.53 Å². The Hall–Kier alpha value is -0.410. The van der Waals surface area contributed by atoms with E-state index in [4.69, 9.17) is 4.74 Å². The zero-order valence-electron chi connectivity index (χ0n) is 12.0. The first-order valence-electron chi connectivity index (χ1n) is 8.18. The topological polar surface area (TPSA) is 29.5 Å². The fourth-order valence-corrected chi connectivity index (χ4v) is 4.41. The molecule has 3 fully saturated rings. The zero-order chi connectivity index (χ0) is 13.1. The molecule has 1 spiro atoms. The van der Waals surface area contributed by atoms with Crippen LogP contribution in [0.15, 0.2) is 0 Å². The molecule has 0 aromatic rings. The number of rotatable bonds is 2. The van der Waals surface area contributed by atoms with Gasteiger partial charge in [-0.05, 0) is 45.1 Å². The van der Waals surface area contributed by atoms with Crippen molar-refractivity contribution in [1.29, 1.82) is 0 Å². The average Bonchev–Trinajstić information content (AvgIpc) is 2.48. The third kappa shape index (κ3) is 2.87. The first-order chi connectivity index (χ1) is 9.33. The van der Waals surface area contributed by atoms with E-state index in [9.17, 15) is 4.79 Å². The minimum atomic E-state index is 0.159. The van der Waals surface area contributed by atoms with Crippen LogP contribution < -0.4 is 0 Å². The lowest BCUT2D eigenvalue weighted by Gasteiger charge is -2.48. The molecular formula is C16H27NO2. The minimum Gasteiger partial charge on any atom is -0.375 e. The highest BCUT2D eigenvalue weighted by Crippen LogP contribution is 2.40. The van der Waals surface area contributed by atoms with Crippen molar-refractivity contribution in [1.82, 2.24) is 4.90 Å². The van der Waals surface area contributed by atoms with Crippen molar-refractivity contribution >= 4 is 6.29 Å².